The molecule has 0 aliphatic carbocycles. The molecule has 0 saturated heterocycles. The summed E-state index contributed by atoms with van der Waals surface area (Å²) in [5.74, 6) is 2.13. The highest BCUT2D eigenvalue weighted by molar-refractivity contribution is 6.30. The van der Waals surface area contributed by atoms with Crippen LogP contribution >= 0.6 is 11.6 Å². The molecule has 0 unspecified atom stereocenters. The second kappa shape index (κ2) is 5.06. The topological polar surface area (TPSA) is 38.7 Å². The van der Waals surface area contributed by atoms with E-state index >= 15 is 0 Å². The predicted molar refractivity (Wildman–Crippen MR) is 69.7 cm³/mol. The highest BCUT2D eigenvalue weighted by Crippen LogP contribution is 2.11. The highest BCUT2D eigenvalue weighted by Gasteiger charge is 1.96. The summed E-state index contributed by atoms with van der Waals surface area (Å²) in [4.78, 5) is 12.6. The molecule has 0 aliphatic heterocycles. The summed E-state index contributed by atoms with van der Waals surface area (Å²) in [6, 6.07) is 7.59. The van der Waals surface area contributed by atoms with Crippen molar-refractivity contribution in [1.29, 1.82) is 0 Å². The summed E-state index contributed by atoms with van der Waals surface area (Å²) in [5.41, 5.74) is 1.06. The smallest absolute Gasteiger partial charge is 0.156 e. The lowest BCUT2D eigenvalue weighted by molar-refractivity contribution is 0.908. The maximum Gasteiger partial charge on any atom is 0.156 e. The van der Waals surface area contributed by atoms with Gasteiger partial charge in [0, 0.05) is 5.02 Å². The second-order valence-electron chi connectivity index (χ2n) is 3.67. The summed E-state index contributed by atoms with van der Waals surface area (Å²) in [5, 5.41) is 0.731. The fourth-order valence-electron chi connectivity index (χ4n) is 1.46. The minimum Gasteiger partial charge on any atom is -0.219 e. The SMILES string of the molecule is Cc1nc(C)nc(C=Cc2ccc(Cl)cc2)n1. The molecule has 2 rings (SSSR count). The number of nitrogens with zero attached hydrogens (tertiary/aromatic N) is 3. The Morgan fingerprint density at radius 3 is 2.06 bits per heavy atom. The summed E-state index contributed by atoms with van der Waals surface area (Å²) in [7, 11) is 0. The molecule has 0 saturated carbocycles. The van der Waals surface area contributed by atoms with Crippen molar-refractivity contribution >= 4 is 23.8 Å². The fourth-order valence-corrected chi connectivity index (χ4v) is 1.59. The van der Waals surface area contributed by atoms with Gasteiger partial charge in [0.05, 0.1) is 0 Å². The average Bonchev–Trinajstić information content (AvgIpc) is 2.27. The van der Waals surface area contributed by atoms with Gasteiger partial charge >= 0.3 is 0 Å². The normalized spacial score (nSPS) is 11.0. The van der Waals surface area contributed by atoms with Gasteiger partial charge in [0.2, 0.25) is 0 Å². The van der Waals surface area contributed by atoms with Crippen LogP contribution in [0.4, 0.5) is 0 Å². The molecule has 4 heteroatoms. The van der Waals surface area contributed by atoms with Crippen LogP contribution in [0.2, 0.25) is 5.02 Å². The lowest BCUT2D eigenvalue weighted by Crippen LogP contribution is -1.98. The largest absolute Gasteiger partial charge is 0.219 e. The summed E-state index contributed by atoms with van der Waals surface area (Å²) in [6.45, 7) is 3.71. The van der Waals surface area contributed by atoms with E-state index in [1.165, 1.54) is 0 Å². The highest BCUT2D eigenvalue weighted by atomic mass is 35.5. The standard InChI is InChI=1S/C13H12ClN3/c1-9-15-10(2)17-13(16-9)8-5-11-3-6-12(14)7-4-11/h3-8H,1-2H3. The van der Waals surface area contributed by atoms with Crippen LogP contribution in [-0.2, 0) is 0 Å². The van der Waals surface area contributed by atoms with Crippen molar-refractivity contribution in [2.75, 3.05) is 0 Å². The number of aromatic nitrogens is 3. The van der Waals surface area contributed by atoms with Crippen LogP contribution in [0.25, 0.3) is 12.2 Å². The van der Waals surface area contributed by atoms with Crippen molar-refractivity contribution in [3.8, 4) is 0 Å². The van der Waals surface area contributed by atoms with Gasteiger partial charge in [-0.25, -0.2) is 15.0 Å². The van der Waals surface area contributed by atoms with Gasteiger partial charge in [-0.05, 0) is 37.6 Å². The Hall–Kier alpha value is -1.74. The van der Waals surface area contributed by atoms with Crippen LogP contribution in [0, 0.1) is 13.8 Å². The Bertz CT molecular complexity index is 527. The number of hydrogen-bond donors (Lipinski definition) is 0. The second-order valence-corrected chi connectivity index (χ2v) is 4.11. The van der Waals surface area contributed by atoms with Crippen molar-refractivity contribution in [3.05, 3.63) is 52.3 Å². The van der Waals surface area contributed by atoms with Crippen molar-refractivity contribution in [3.63, 3.8) is 0 Å². The first-order chi connectivity index (χ1) is 8.13. The van der Waals surface area contributed by atoms with Gasteiger partial charge in [-0.1, -0.05) is 29.8 Å². The van der Waals surface area contributed by atoms with Crippen molar-refractivity contribution in [2.24, 2.45) is 0 Å². The third-order valence-electron chi connectivity index (χ3n) is 2.17. The van der Waals surface area contributed by atoms with Gasteiger partial charge in [0.25, 0.3) is 0 Å². The molecule has 1 heterocycles. The van der Waals surface area contributed by atoms with Gasteiger partial charge in [0.15, 0.2) is 5.82 Å². The minimum absolute atomic E-state index is 0.671. The zero-order valence-electron chi connectivity index (χ0n) is 9.68. The molecule has 0 amide bonds. The van der Waals surface area contributed by atoms with E-state index in [2.05, 4.69) is 15.0 Å². The molecule has 3 nitrogen and oxygen atoms in total. The molecule has 1 aromatic heterocycles. The first-order valence-corrected chi connectivity index (χ1v) is 5.64. The van der Waals surface area contributed by atoms with Crippen LogP contribution in [0.1, 0.15) is 23.0 Å². The number of hydrogen-bond acceptors (Lipinski definition) is 3. The molecule has 0 bridgehead atoms. The molecular formula is C13H12ClN3. The third kappa shape index (κ3) is 3.36. The molecule has 0 spiro atoms. The fraction of sp³-hybridized carbons (Fsp3) is 0.154. The number of aryl methyl sites for hydroxylation is 2. The molecular weight excluding hydrogens is 234 g/mol. The number of halogens is 1. The Morgan fingerprint density at radius 2 is 1.47 bits per heavy atom. The Labute approximate surface area is 105 Å². The zero-order valence-corrected chi connectivity index (χ0v) is 10.4. The van der Waals surface area contributed by atoms with Crippen molar-refractivity contribution in [2.45, 2.75) is 13.8 Å². The van der Waals surface area contributed by atoms with E-state index in [1.807, 2.05) is 50.3 Å². The maximum atomic E-state index is 5.81. The Kier molecular flexibility index (Phi) is 3.49. The van der Waals surface area contributed by atoms with Gasteiger partial charge < -0.3 is 0 Å². The summed E-state index contributed by atoms with van der Waals surface area (Å²) < 4.78 is 0. The van der Waals surface area contributed by atoms with Crippen LogP contribution in [0.3, 0.4) is 0 Å². The average molecular weight is 246 g/mol. The maximum absolute atomic E-state index is 5.81. The quantitative estimate of drug-likeness (QED) is 0.815. The zero-order chi connectivity index (χ0) is 12.3. The first-order valence-electron chi connectivity index (χ1n) is 5.26. The molecule has 0 radical (unpaired) electrons. The summed E-state index contributed by atoms with van der Waals surface area (Å²) >= 11 is 5.81. The van der Waals surface area contributed by atoms with E-state index in [4.69, 9.17) is 11.6 Å². The van der Waals surface area contributed by atoms with Crippen LogP contribution < -0.4 is 0 Å². The van der Waals surface area contributed by atoms with E-state index in [0.29, 0.717) is 5.82 Å². The number of benzene rings is 1. The third-order valence-corrected chi connectivity index (χ3v) is 2.42. The molecule has 17 heavy (non-hydrogen) atoms. The van der Waals surface area contributed by atoms with Gasteiger partial charge in [-0.2, -0.15) is 0 Å². The van der Waals surface area contributed by atoms with E-state index in [9.17, 15) is 0 Å². The van der Waals surface area contributed by atoms with E-state index in [-0.39, 0.29) is 0 Å². The monoisotopic (exact) mass is 245 g/mol. The Morgan fingerprint density at radius 1 is 0.882 bits per heavy atom. The molecule has 0 N–H and O–H groups in total. The van der Waals surface area contributed by atoms with Gasteiger partial charge in [-0.15, -0.1) is 0 Å². The Balaban J connectivity index is 2.22. The minimum atomic E-state index is 0.671. The van der Waals surface area contributed by atoms with Crippen molar-refractivity contribution < 1.29 is 0 Å². The molecule has 0 fully saturated rings. The first kappa shape index (κ1) is 11.7. The van der Waals surface area contributed by atoms with Crippen LogP contribution in [0.15, 0.2) is 24.3 Å². The molecule has 0 atom stereocenters. The van der Waals surface area contributed by atoms with Crippen LogP contribution in [-0.4, -0.2) is 15.0 Å². The van der Waals surface area contributed by atoms with Crippen LogP contribution in [0.5, 0.6) is 0 Å². The van der Waals surface area contributed by atoms with Gasteiger partial charge in [0.1, 0.15) is 11.6 Å². The van der Waals surface area contributed by atoms with E-state index in [0.717, 1.165) is 22.2 Å². The number of rotatable bonds is 2. The molecule has 86 valence electrons. The lowest BCUT2D eigenvalue weighted by atomic mass is 10.2. The van der Waals surface area contributed by atoms with Gasteiger partial charge in [-0.3, -0.25) is 0 Å². The predicted octanol–water partition coefficient (Wildman–Crippen LogP) is 3.31. The van der Waals surface area contributed by atoms with E-state index < -0.39 is 0 Å². The van der Waals surface area contributed by atoms with Crippen molar-refractivity contribution in [1.82, 2.24) is 15.0 Å². The molecule has 2 aromatic rings. The molecule has 1 aromatic carbocycles. The lowest BCUT2D eigenvalue weighted by Gasteiger charge is -1.97. The summed E-state index contributed by atoms with van der Waals surface area (Å²) in [6.07, 6.45) is 3.81. The van der Waals surface area contributed by atoms with E-state index in [1.54, 1.807) is 0 Å². The molecule has 0 aliphatic rings.